The summed E-state index contributed by atoms with van der Waals surface area (Å²) in [5.41, 5.74) is 0. The first-order chi connectivity index (χ1) is 7.43. The average Bonchev–Trinajstić information content (AvgIpc) is 2.17. The smallest absolute Gasteiger partial charge is 0.306 e. The molecule has 1 aliphatic heterocycles. The molecule has 0 bridgehead atoms. The first-order valence-electron chi connectivity index (χ1n) is 5.54. The number of carbonyl (C=O) groups is 1. The van der Waals surface area contributed by atoms with Crippen molar-refractivity contribution in [2.75, 3.05) is 26.0 Å². The second kappa shape index (κ2) is 5.63. The van der Waals surface area contributed by atoms with Crippen molar-refractivity contribution in [1.29, 1.82) is 0 Å². The fraction of sp³-hybridized carbons (Fsp3) is 0.900. The van der Waals surface area contributed by atoms with Gasteiger partial charge in [-0.15, -0.1) is 0 Å². The van der Waals surface area contributed by atoms with Crippen LogP contribution in [0.15, 0.2) is 0 Å². The van der Waals surface area contributed by atoms with E-state index in [4.69, 9.17) is 4.74 Å². The molecule has 0 saturated carbocycles. The molecule has 1 fully saturated rings. The van der Waals surface area contributed by atoms with Crippen molar-refractivity contribution < 1.29 is 17.9 Å². The minimum atomic E-state index is -3.13. The zero-order chi connectivity index (χ0) is 12.2. The molecule has 0 aromatic heterocycles. The first-order valence-corrected chi connectivity index (χ1v) is 7.39. The van der Waals surface area contributed by atoms with Crippen LogP contribution in [0.4, 0.5) is 0 Å². The number of hydrogen-bond acceptors (Lipinski definition) is 4. The summed E-state index contributed by atoms with van der Waals surface area (Å²) in [4.78, 5) is 11.3. The molecular formula is C10H19NO4S. The minimum absolute atomic E-state index is 0.0996. The third-order valence-electron chi connectivity index (χ3n) is 2.71. The number of carbonyl (C=O) groups excluding carboxylic acids is 1. The van der Waals surface area contributed by atoms with E-state index >= 15 is 0 Å². The molecule has 0 aliphatic carbocycles. The molecule has 0 aromatic carbocycles. The Morgan fingerprint density at radius 1 is 1.50 bits per heavy atom. The Balaban J connectivity index is 2.48. The molecule has 0 amide bonds. The zero-order valence-corrected chi connectivity index (χ0v) is 10.6. The van der Waals surface area contributed by atoms with E-state index in [1.807, 2.05) is 0 Å². The van der Waals surface area contributed by atoms with Crippen LogP contribution >= 0.6 is 0 Å². The quantitative estimate of drug-likeness (QED) is 0.685. The summed E-state index contributed by atoms with van der Waals surface area (Å²) in [6, 6.07) is 0. The van der Waals surface area contributed by atoms with Gasteiger partial charge in [0.25, 0.3) is 0 Å². The van der Waals surface area contributed by atoms with E-state index in [1.54, 1.807) is 6.92 Å². The number of nitrogens with zero attached hydrogens (tertiary/aromatic N) is 1. The van der Waals surface area contributed by atoms with Crippen molar-refractivity contribution in [2.24, 2.45) is 5.92 Å². The third kappa shape index (κ3) is 4.09. The predicted molar refractivity (Wildman–Crippen MR) is 60.4 cm³/mol. The summed E-state index contributed by atoms with van der Waals surface area (Å²) in [5.74, 6) is -0.134. The monoisotopic (exact) mass is 249 g/mol. The fourth-order valence-corrected chi connectivity index (χ4v) is 2.89. The second-order valence-electron chi connectivity index (χ2n) is 4.14. The van der Waals surface area contributed by atoms with Gasteiger partial charge in [-0.25, -0.2) is 12.7 Å². The van der Waals surface area contributed by atoms with Crippen molar-refractivity contribution in [2.45, 2.75) is 26.2 Å². The van der Waals surface area contributed by atoms with Gasteiger partial charge in [0.15, 0.2) is 0 Å². The van der Waals surface area contributed by atoms with Crippen LogP contribution in [0.3, 0.4) is 0 Å². The van der Waals surface area contributed by atoms with Crippen LogP contribution in [0.25, 0.3) is 0 Å². The van der Waals surface area contributed by atoms with Crippen molar-refractivity contribution in [3.8, 4) is 0 Å². The molecule has 1 atom stereocenters. The molecule has 1 unspecified atom stereocenters. The molecule has 0 N–H and O–H groups in total. The van der Waals surface area contributed by atoms with Crippen LogP contribution in [0.5, 0.6) is 0 Å². The number of piperidine rings is 1. The summed E-state index contributed by atoms with van der Waals surface area (Å²) in [6.45, 7) is 3.15. The van der Waals surface area contributed by atoms with Gasteiger partial charge in [-0.1, -0.05) is 0 Å². The van der Waals surface area contributed by atoms with Gasteiger partial charge in [0.05, 0.1) is 12.9 Å². The Hall–Kier alpha value is -0.620. The summed E-state index contributed by atoms with van der Waals surface area (Å²) in [7, 11) is -3.13. The Kier molecular flexibility index (Phi) is 4.73. The van der Waals surface area contributed by atoms with Gasteiger partial charge in [0.1, 0.15) is 0 Å². The molecule has 1 aliphatic rings. The molecule has 5 nitrogen and oxygen atoms in total. The van der Waals surface area contributed by atoms with E-state index in [1.165, 1.54) is 10.6 Å². The Morgan fingerprint density at radius 3 is 2.75 bits per heavy atom. The van der Waals surface area contributed by atoms with Gasteiger partial charge in [-0.2, -0.15) is 0 Å². The number of rotatable bonds is 4. The van der Waals surface area contributed by atoms with Crippen LogP contribution in [0, 0.1) is 5.92 Å². The molecular weight excluding hydrogens is 230 g/mol. The fourth-order valence-electron chi connectivity index (χ4n) is 1.95. The molecule has 0 spiro atoms. The predicted octanol–water partition coefficient (Wildman–Crippen LogP) is 0.611. The topological polar surface area (TPSA) is 63.7 Å². The van der Waals surface area contributed by atoms with E-state index in [0.717, 1.165) is 12.8 Å². The van der Waals surface area contributed by atoms with Gasteiger partial charge in [-0.05, 0) is 25.7 Å². The van der Waals surface area contributed by atoms with E-state index in [2.05, 4.69) is 0 Å². The summed E-state index contributed by atoms with van der Waals surface area (Å²) in [5, 5.41) is 0. The molecule has 1 saturated heterocycles. The summed E-state index contributed by atoms with van der Waals surface area (Å²) >= 11 is 0. The SMILES string of the molecule is CCOC(=O)CC1CCCN(S(C)(=O)=O)C1. The van der Waals surface area contributed by atoms with E-state index in [0.29, 0.717) is 26.1 Å². The van der Waals surface area contributed by atoms with Crippen LogP contribution in [-0.2, 0) is 19.6 Å². The van der Waals surface area contributed by atoms with Gasteiger partial charge in [-0.3, -0.25) is 4.79 Å². The molecule has 0 radical (unpaired) electrons. The number of ether oxygens (including phenoxy) is 1. The minimum Gasteiger partial charge on any atom is -0.466 e. The van der Waals surface area contributed by atoms with Crippen molar-refractivity contribution in [3.63, 3.8) is 0 Å². The lowest BCUT2D eigenvalue weighted by Gasteiger charge is -2.30. The molecule has 6 heteroatoms. The van der Waals surface area contributed by atoms with Crippen molar-refractivity contribution in [3.05, 3.63) is 0 Å². The molecule has 1 rings (SSSR count). The lowest BCUT2D eigenvalue weighted by molar-refractivity contribution is -0.144. The third-order valence-corrected chi connectivity index (χ3v) is 3.98. The number of esters is 1. The van der Waals surface area contributed by atoms with E-state index in [-0.39, 0.29) is 11.9 Å². The maximum Gasteiger partial charge on any atom is 0.306 e. The van der Waals surface area contributed by atoms with Crippen LogP contribution in [0.1, 0.15) is 26.2 Å². The largest absolute Gasteiger partial charge is 0.466 e. The zero-order valence-electron chi connectivity index (χ0n) is 9.81. The lowest BCUT2D eigenvalue weighted by atomic mass is 9.96. The molecule has 94 valence electrons. The highest BCUT2D eigenvalue weighted by atomic mass is 32.2. The first kappa shape index (κ1) is 13.4. The van der Waals surface area contributed by atoms with Crippen LogP contribution in [-0.4, -0.2) is 44.6 Å². The maximum absolute atomic E-state index is 11.4. The van der Waals surface area contributed by atoms with Gasteiger partial charge in [0.2, 0.25) is 10.0 Å². The summed E-state index contributed by atoms with van der Waals surface area (Å²) < 4.78 is 29.0. The Morgan fingerprint density at radius 2 is 2.19 bits per heavy atom. The van der Waals surface area contributed by atoms with Crippen LogP contribution < -0.4 is 0 Å². The van der Waals surface area contributed by atoms with Gasteiger partial charge < -0.3 is 4.74 Å². The average molecular weight is 249 g/mol. The van der Waals surface area contributed by atoms with Crippen LogP contribution in [0.2, 0.25) is 0 Å². The number of sulfonamides is 1. The van der Waals surface area contributed by atoms with Gasteiger partial charge in [0, 0.05) is 19.5 Å². The molecule has 16 heavy (non-hydrogen) atoms. The highest BCUT2D eigenvalue weighted by Crippen LogP contribution is 2.21. The Bertz CT molecular complexity index is 339. The van der Waals surface area contributed by atoms with Gasteiger partial charge >= 0.3 is 5.97 Å². The van der Waals surface area contributed by atoms with Crippen molar-refractivity contribution >= 4 is 16.0 Å². The van der Waals surface area contributed by atoms with Crippen molar-refractivity contribution in [1.82, 2.24) is 4.31 Å². The van der Waals surface area contributed by atoms with E-state index in [9.17, 15) is 13.2 Å². The highest BCUT2D eigenvalue weighted by Gasteiger charge is 2.27. The standard InChI is InChI=1S/C10H19NO4S/c1-3-15-10(12)7-9-5-4-6-11(8-9)16(2,13)14/h9H,3-8H2,1-2H3. The summed E-state index contributed by atoms with van der Waals surface area (Å²) in [6.07, 6.45) is 3.24. The number of hydrogen-bond donors (Lipinski definition) is 0. The highest BCUT2D eigenvalue weighted by molar-refractivity contribution is 7.88. The normalized spacial score (nSPS) is 23.0. The maximum atomic E-state index is 11.4. The van der Waals surface area contributed by atoms with E-state index < -0.39 is 10.0 Å². The lowest BCUT2D eigenvalue weighted by Crippen LogP contribution is -2.39. The molecule has 1 heterocycles. The Labute approximate surface area is 96.8 Å². The second-order valence-corrected chi connectivity index (χ2v) is 6.12. The molecule has 0 aromatic rings.